The topological polar surface area (TPSA) is 38.3 Å². The number of nitrogens with one attached hydrogen (secondary N) is 1. The molecule has 0 aromatic heterocycles. The van der Waals surface area contributed by atoms with E-state index in [1.807, 2.05) is 18.2 Å². The van der Waals surface area contributed by atoms with Crippen molar-refractivity contribution in [3.63, 3.8) is 0 Å². The van der Waals surface area contributed by atoms with Gasteiger partial charge in [0.15, 0.2) is 0 Å². The van der Waals surface area contributed by atoms with Crippen LogP contribution in [0.3, 0.4) is 0 Å². The molecular formula is C15H20BrNO2. The van der Waals surface area contributed by atoms with Gasteiger partial charge in [0.2, 0.25) is 0 Å². The highest BCUT2D eigenvalue weighted by Crippen LogP contribution is 2.30. The van der Waals surface area contributed by atoms with Gasteiger partial charge >= 0.3 is 0 Å². The number of halogens is 1. The molecule has 0 saturated heterocycles. The monoisotopic (exact) mass is 325 g/mol. The van der Waals surface area contributed by atoms with Crippen LogP contribution in [-0.4, -0.2) is 23.9 Å². The number of benzene rings is 1. The molecule has 0 unspecified atom stereocenters. The normalized spacial score (nSPS) is 17.8. The summed E-state index contributed by atoms with van der Waals surface area (Å²) in [6.07, 6.45) is 5.74. The smallest absolute Gasteiger partial charge is 0.251 e. The molecule has 104 valence electrons. The summed E-state index contributed by atoms with van der Waals surface area (Å²) in [5.41, 5.74) is 0.573. The van der Waals surface area contributed by atoms with E-state index in [1.165, 1.54) is 19.3 Å². The fraction of sp³-hybridized carbons (Fsp3) is 0.533. The van der Waals surface area contributed by atoms with Gasteiger partial charge in [-0.3, -0.25) is 4.79 Å². The molecule has 0 bridgehead atoms. The maximum absolute atomic E-state index is 12.4. The van der Waals surface area contributed by atoms with Crippen LogP contribution in [0, 0.1) is 0 Å². The Bertz CT molecular complexity index is 442. The van der Waals surface area contributed by atoms with Gasteiger partial charge in [-0.1, -0.05) is 41.3 Å². The Morgan fingerprint density at radius 3 is 2.74 bits per heavy atom. The molecule has 0 spiro atoms. The molecule has 1 fully saturated rings. The van der Waals surface area contributed by atoms with Crippen LogP contribution in [0.5, 0.6) is 5.75 Å². The first-order valence-corrected chi connectivity index (χ1v) is 7.84. The Morgan fingerprint density at radius 1 is 1.37 bits per heavy atom. The molecule has 0 aliphatic heterocycles. The Hall–Kier alpha value is -1.03. The largest absolute Gasteiger partial charge is 0.497 e. The third-order valence-corrected chi connectivity index (χ3v) is 4.85. The number of alkyl halides is 1. The van der Waals surface area contributed by atoms with E-state index in [1.54, 1.807) is 13.2 Å². The minimum atomic E-state index is -0.0849. The number of hydrogen-bond acceptors (Lipinski definition) is 2. The van der Waals surface area contributed by atoms with Crippen molar-refractivity contribution >= 4 is 21.8 Å². The predicted molar refractivity (Wildman–Crippen MR) is 80.1 cm³/mol. The van der Waals surface area contributed by atoms with Crippen LogP contribution in [0.4, 0.5) is 0 Å². The zero-order valence-electron chi connectivity index (χ0n) is 11.2. The lowest BCUT2D eigenvalue weighted by atomic mass is 9.83. The Labute approximate surface area is 122 Å². The molecule has 2 rings (SSSR count). The van der Waals surface area contributed by atoms with Crippen molar-refractivity contribution < 1.29 is 9.53 Å². The lowest BCUT2D eigenvalue weighted by molar-refractivity contribution is 0.0886. The number of amides is 1. The lowest BCUT2D eigenvalue weighted by Crippen LogP contribution is -2.51. The summed E-state index contributed by atoms with van der Waals surface area (Å²) >= 11 is 3.56. The highest BCUT2D eigenvalue weighted by Gasteiger charge is 2.32. The summed E-state index contributed by atoms with van der Waals surface area (Å²) in [5.74, 6) is 0.699. The minimum absolute atomic E-state index is 0.0137. The highest BCUT2D eigenvalue weighted by molar-refractivity contribution is 9.09. The second-order valence-corrected chi connectivity index (χ2v) is 5.72. The fourth-order valence-corrected chi connectivity index (χ4v) is 3.30. The van der Waals surface area contributed by atoms with E-state index >= 15 is 0 Å². The third kappa shape index (κ3) is 3.50. The van der Waals surface area contributed by atoms with Gasteiger partial charge in [0.25, 0.3) is 5.91 Å². The van der Waals surface area contributed by atoms with E-state index in [4.69, 9.17) is 4.74 Å². The van der Waals surface area contributed by atoms with Crippen molar-refractivity contribution in [2.24, 2.45) is 0 Å². The zero-order valence-corrected chi connectivity index (χ0v) is 12.8. The van der Waals surface area contributed by atoms with Crippen LogP contribution in [0.15, 0.2) is 24.3 Å². The Balaban J connectivity index is 2.10. The van der Waals surface area contributed by atoms with Crippen LogP contribution in [0.25, 0.3) is 0 Å². The second-order valence-electron chi connectivity index (χ2n) is 5.16. The molecule has 1 aliphatic rings. The van der Waals surface area contributed by atoms with E-state index in [0.717, 1.165) is 18.2 Å². The van der Waals surface area contributed by atoms with Gasteiger partial charge in [0.05, 0.1) is 12.6 Å². The molecule has 1 amide bonds. The lowest BCUT2D eigenvalue weighted by Gasteiger charge is -2.36. The summed E-state index contributed by atoms with van der Waals surface area (Å²) in [6, 6.07) is 7.29. The van der Waals surface area contributed by atoms with Gasteiger partial charge in [-0.15, -0.1) is 0 Å². The number of carbonyl (C=O) groups excluding carboxylic acids is 1. The summed E-state index contributed by atoms with van der Waals surface area (Å²) in [7, 11) is 1.61. The molecule has 1 aromatic rings. The maximum atomic E-state index is 12.4. The van der Waals surface area contributed by atoms with Crippen molar-refractivity contribution in [1.82, 2.24) is 5.32 Å². The molecule has 4 heteroatoms. The van der Waals surface area contributed by atoms with Gasteiger partial charge in [-0.25, -0.2) is 0 Å². The van der Waals surface area contributed by atoms with Crippen molar-refractivity contribution in [2.75, 3.05) is 12.4 Å². The quantitative estimate of drug-likeness (QED) is 0.860. The Kier molecular flexibility index (Phi) is 4.86. The van der Waals surface area contributed by atoms with Gasteiger partial charge in [0.1, 0.15) is 5.75 Å². The van der Waals surface area contributed by atoms with Crippen LogP contribution in [0.2, 0.25) is 0 Å². The maximum Gasteiger partial charge on any atom is 0.251 e. The molecule has 1 N–H and O–H groups in total. The number of carbonyl (C=O) groups is 1. The Morgan fingerprint density at radius 2 is 2.11 bits per heavy atom. The van der Waals surface area contributed by atoms with Crippen molar-refractivity contribution in [3.05, 3.63) is 29.8 Å². The predicted octanol–water partition coefficient (Wildman–Crippen LogP) is 3.52. The number of methoxy groups -OCH3 is 1. The zero-order chi connectivity index (χ0) is 13.7. The third-order valence-electron chi connectivity index (χ3n) is 3.78. The van der Waals surface area contributed by atoms with Crippen LogP contribution in [0.1, 0.15) is 42.5 Å². The van der Waals surface area contributed by atoms with E-state index in [9.17, 15) is 4.79 Å². The van der Waals surface area contributed by atoms with Gasteiger partial charge < -0.3 is 10.1 Å². The van der Waals surface area contributed by atoms with Gasteiger partial charge in [0, 0.05) is 10.9 Å². The number of hydrogen-bond donors (Lipinski definition) is 1. The summed E-state index contributed by atoms with van der Waals surface area (Å²) in [5, 5.41) is 4.02. The minimum Gasteiger partial charge on any atom is -0.497 e. The molecule has 19 heavy (non-hydrogen) atoms. The number of rotatable bonds is 4. The van der Waals surface area contributed by atoms with Gasteiger partial charge in [-0.2, -0.15) is 0 Å². The van der Waals surface area contributed by atoms with Crippen LogP contribution >= 0.6 is 15.9 Å². The summed E-state index contributed by atoms with van der Waals surface area (Å²) in [4.78, 5) is 12.4. The standard InChI is InChI=1S/C15H20BrNO2/c1-19-13-7-5-6-12(10-13)14(18)17-15(11-16)8-3-2-4-9-15/h5-7,10H,2-4,8-9,11H2,1H3,(H,17,18). The number of ether oxygens (including phenoxy) is 1. The average Bonchev–Trinajstić information content (AvgIpc) is 2.48. The van der Waals surface area contributed by atoms with Crippen molar-refractivity contribution in [3.8, 4) is 5.75 Å². The molecular weight excluding hydrogens is 306 g/mol. The van der Waals surface area contributed by atoms with E-state index < -0.39 is 0 Å². The summed E-state index contributed by atoms with van der Waals surface area (Å²) in [6.45, 7) is 0. The molecule has 1 aliphatic carbocycles. The molecule has 1 saturated carbocycles. The molecule has 3 nitrogen and oxygen atoms in total. The van der Waals surface area contributed by atoms with Crippen molar-refractivity contribution in [2.45, 2.75) is 37.6 Å². The first-order valence-electron chi connectivity index (χ1n) is 6.72. The van der Waals surface area contributed by atoms with Crippen molar-refractivity contribution in [1.29, 1.82) is 0 Å². The van der Waals surface area contributed by atoms with E-state index in [-0.39, 0.29) is 11.4 Å². The van der Waals surface area contributed by atoms with Crippen LogP contribution < -0.4 is 10.1 Å². The van der Waals surface area contributed by atoms with E-state index in [2.05, 4.69) is 21.2 Å². The van der Waals surface area contributed by atoms with Crippen LogP contribution in [-0.2, 0) is 0 Å². The molecule has 0 radical (unpaired) electrons. The SMILES string of the molecule is COc1cccc(C(=O)NC2(CBr)CCCCC2)c1. The average molecular weight is 326 g/mol. The van der Waals surface area contributed by atoms with E-state index in [0.29, 0.717) is 11.3 Å². The highest BCUT2D eigenvalue weighted by atomic mass is 79.9. The first kappa shape index (κ1) is 14.4. The van der Waals surface area contributed by atoms with Gasteiger partial charge in [-0.05, 0) is 31.0 Å². The molecule has 0 heterocycles. The summed E-state index contributed by atoms with van der Waals surface area (Å²) < 4.78 is 5.16. The fourth-order valence-electron chi connectivity index (χ4n) is 2.60. The molecule has 1 aromatic carbocycles. The first-order chi connectivity index (χ1) is 9.19. The second kappa shape index (κ2) is 6.42. The molecule has 0 atom stereocenters.